The second kappa shape index (κ2) is 7.17. The number of benzene rings is 1. The Morgan fingerprint density at radius 2 is 1.95 bits per heavy atom. The van der Waals surface area contributed by atoms with Crippen LogP contribution in [0.5, 0.6) is 0 Å². The lowest BCUT2D eigenvalue weighted by atomic mass is 10.1. The first-order chi connectivity index (χ1) is 9.42. The van der Waals surface area contributed by atoms with E-state index in [2.05, 4.69) is 10.0 Å². The lowest BCUT2D eigenvalue weighted by Crippen LogP contribution is -2.42. The van der Waals surface area contributed by atoms with Gasteiger partial charge in [-0.15, -0.1) is 12.4 Å². The molecule has 9 heteroatoms. The fourth-order valence-corrected chi connectivity index (χ4v) is 4.05. The molecule has 0 spiro atoms. The average molecular weight is 336 g/mol. The molecule has 21 heavy (non-hydrogen) atoms. The third-order valence-electron chi connectivity index (χ3n) is 3.32. The summed E-state index contributed by atoms with van der Waals surface area (Å²) in [4.78, 5) is 10.1. The molecule has 0 aliphatic carbocycles. The van der Waals surface area contributed by atoms with Crippen molar-refractivity contribution in [2.24, 2.45) is 0 Å². The van der Waals surface area contributed by atoms with Gasteiger partial charge in [0.05, 0.1) is 4.92 Å². The summed E-state index contributed by atoms with van der Waals surface area (Å²) in [5.41, 5.74) is -0.00734. The number of aryl methyl sites for hydroxylation is 1. The number of nitrogens with zero attached hydrogens (tertiary/aromatic N) is 1. The molecule has 2 rings (SSSR count). The number of hydrogen-bond acceptors (Lipinski definition) is 5. The van der Waals surface area contributed by atoms with Gasteiger partial charge in [0.15, 0.2) is 4.90 Å². The Kier molecular flexibility index (Phi) is 6.09. The number of nitro groups is 1. The van der Waals surface area contributed by atoms with Crippen LogP contribution in [0.3, 0.4) is 0 Å². The predicted molar refractivity (Wildman–Crippen MR) is 81.3 cm³/mol. The van der Waals surface area contributed by atoms with Gasteiger partial charge in [0.1, 0.15) is 0 Å². The average Bonchev–Trinajstić information content (AvgIpc) is 2.38. The van der Waals surface area contributed by atoms with E-state index < -0.39 is 14.9 Å². The van der Waals surface area contributed by atoms with Gasteiger partial charge in [-0.3, -0.25) is 10.1 Å². The van der Waals surface area contributed by atoms with Crippen molar-refractivity contribution >= 4 is 28.1 Å². The quantitative estimate of drug-likeness (QED) is 0.639. The number of hydrogen-bond donors (Lipinski definition) is 2. The minimum atomic E-state index is -3.89. The molecule has 0 unspecified atom stereocenters. The van der Waals surface area contributed by atoms with Crippen molar-refractivity contribution in [2.75, 3.05) is 13.1 Å². The molecule has 0 aromatic heterocycles. The summed E-state index contributed by atoms with van der Waals surface area (Å²) < 4.78 is 27.4. The highest BCUT2D eigenvalue weighted by Crippen LogP contribution is 2.27. The molecule has 118 valence electrons. The van der Waals surface area contributed by atoms with E-state index in [1.165, 1.54) is 12.1 Å². The molecule has 7 nitrogen and oxygen atoms in total. The molecule has 1 aromatic rings. The second-order valence-corrected chi connectivity index (χ2v) is 6.48. The molecule has 1 saturated heterocycles. The van der Waals surface area contributed by atoms with Gasteiger partial charge in [-0.1, -0.05) is 12.1 Å². The Balaban J connectivity index is 0.00000220. The minimum Gasteiger partial charge on any atom is -0.317 e. The Morgan fingerprint density at radius 1 is 1.33 bits per heavy atom. The maximum Gasteiger partial charge on any atom is 0.289 e. The van der Waals surface area contributed by atoms with Gasteiger partial charge in [-0.25, -0.2) is 13.1 Å². The van der Waals surface area contributed by atoms with Crippen LogP contribution in [0.1, 0.15) is 18.4 Å². The number of piperidine rings is 1. The number of nitro benzene ring substituents is 1. The van der Waals surface area contributed by atoms with Crippen molar-refractivity contribution < 1.29 is 13.3 Å². The standard InChI is InChI=1S/C12H17N3O4S.ClH/c1-9-3-2-4-11(15(16)17)12(9)20(18,19)14-10-5-7-13-8-6-10;/h2-4,10,13-14H,5-8H2,1H3;1H. The van der Waals surface area contributed by atoms with Crippen LogP contribution in [0.15, 0.2) is 23.1 Å². The zero-order valence-corrected chi connectivity index (χ0v) is 13.2. The third-order valence-corrected chi connectivity index (χ3v) is 5.03. The molecule has 1 aliphatic heterocycles. The van der Waals surface area contributed by atoms with Crippen LogP contribution in [0.2, 0.25) is 0 Å². The van der Waals surface area contributed by atoms with Gasteiger partial charge in [-0.2, -0.15) is 0 Å². The maximum absolute atomic E-state index is 12.4. The van der Waals surface area contributed by atoms with Crippen LogP contribution in [0.25, 0.3) is 0 Å². The van der Waals surface area contributed by atoms with Gasteiger partial charge in [0.2, 0.25) is 10.0 Å². The van der Waals surface area contributed by atoms with Gasteiger partial charge < -0.3 is 5.32 Å². The Morgan fingerprint density at radius 3 is 2.52 bits per heavy atom. The lowest BCUT2D eigenvalue weighted by Gasteiger charge is -2.23. The summed E-state index contributed by atoms with van der Waals surface area (Å²) in [7, 11) is -3.89. The molecular formula is C12H18ClN3O4S. The normalized spacial score (nSPS) is 16.2. The molecule has 0 saturated carbocycles. The smallest absolute Gasteiger partial charge is 0.289 e. The largest absolute Gasteiger partial charge is 0.317 e. The lowest BCUT2D eigenvalue weighted by molar-refractivity contribution is -0.387. The third kappa shape index (κ3) is 4.13. The molecule has 1 aromatic carbocycles. The first-order valence-electron chi connectivity index (χ1n) is 6.39. The van der Waals surface area contributed by atoms with Crippen molar-refractivity contribution in [1.29, 1.82) is 0 Å². The maximum atomic E-state index is 12.4. The van der Waals surface area contributed by atoms with Crippen LogP contribution >= 0.6 is 12.4 Å². The highest BCUT2D eigenvalue weighted by molar-refractivity contribution is 7.89. The first-order valence-corrected chi connectivity index (χ1v) is 7.87. The van der Waals surface area contributed by atoms with Gasteiger partial charge >= 0.3 is 0 Å². The van der Waals surface area contributed by atoms with Crippen LogP contribution in [-0.2, 0) is 10.0 Å². The topological polar surface area (TPSA) is 101 Å². The second-order valence-electron chi connectivity index (χ2n) is 4.83. The van der Waals surface area contributed by atoms with E-state index in [4.69, 9.17) is 0 Å². The van der Waals surface area contributed by atoms with Gasteiger partial charge in [0.25, 0.3) is 5.69 Å². The Hall–Kier alpha value is -1.22. The SMILES string of the molecule is Cc1cccc([N+](=O)[O-])c1S(=O)(=O)NC1CCNCC1.Cl. The molecular weight excluding hydrogens is 318 g/mol. The van der Waals surface area contributed by atoms with Gasteiger partial charge in [-0.05, 0) is 38.4 Å². The molecule has 1 aliphatic rings. The van der Waals surface area contributed by atoms with Crippen molar-refractivity contribution in [3.63, 3.8) is 0 Å². The molecule has 0 radical (unpaired) electrons. The van der Waals surface area contributed by atoms with Crippen LogP contribution < -0.4 is 10.0 Å². The summed E-state index contributed by atoms with van der Waals surface area (Å²) >= 11 is 0. The van der Waals surface area contributed by atoms with E-state index in [-0.39, 0.29) is 29.0 Å². The summed E-state index contributed by atoms with van der Waals surface area (Å²) in [6.07, 6.45) is 1.36. The van der Waals surface area contributed by atoms with E-state index in [1.807, 2.05) is 0 Å². The summed E-state index contributed by atoms with van der Waals surface area (Å²) in [5, 5.41) is 14.2. The summed E-state index contributed by atoms with van der Waals surface area (Å²) in [5.74, 6) is 0. The minimum absolute atomic E-state index is 0. The Labute approximate surface area is 129 Å². The van der Waals surface area contributed by atoms with Gasteiger partial charge in [0, 0.05) is 12.1 Å². The molecule has 0 bridgehead atoms. The van der Waals surface area contributed by atoms with E-state index in [0.717, 1.165) is 13.1 Å². The first kappa shape index (κ1) is 17.8. The van der Waals surface area contributed by atoms with E-state index >= 15 is 0 Å². The molecule has 2 N–H and O–H groups in total. The molecule has 0 amide bonds. The number of halogens is 1. The van der Waals surface area contributed by atoms with E-state index in [1.54, 1.807) is 13.0 Å². The molecule has 1 fully saturated rings. The monoisotopic (exact) mass is 335 g/mol. The van der Waals surface area contributed by atoms with Crippen LogP contribution in [0.4, 0.5) is 5.69 Å². The van der Waals surface area contributed by atoms with Crippen molar-refractivity contribution in [3.05, 3.63) is 33.9 Å². The Bertz CT molecular complexity index is 615. The molecule has 0 atom stereocenters. The molecule has 1 heterocycles. The predicted octanol–water partition coefficient (Wildman–Crippen LogP) is 1.36. The zero-order chi connectivity index (χ0) is 14.8. The number of nitrogens with one attached hydrogen (secondary N) is 2. The summed E-state index contributed by atoms with van der Waals surface area (Å²) in [6, 6.07) is 4.07. The zero-order valence-electron chi connectivity index (χ0n) is 11.5. The van der Waals surface area contributed by atoms with Crippen molar-refractivity contribution in [3.8, 4) is 0 Å². The van der Waals surface area contributed by atoms with Crippen molar-refractivity contribution in [2.45, 2.75) is 30.7 Å². The highest BCUT2D eigenvalue weighted by Gasteiger charge is 2.30. The fourth-order valence-electron chi connectivity index (χ4n) is 2.35. The number of rotatable bonds is 4. The number of sulfonamides is 1. The fraction of sp³-hybridized carbons (Fsp3) is 0.500. The highest BCUT2D eigenvalue weighted by atomic mass is 35.5. The van der Waals surface area contributed by atoms with Crippen LogP contribution in [-0.4, -0.2) is 32.5 Å². The van der Waals surface area contributed by atoms with E-state index in [9.17, 15) is 18.5 Å². The van der Waals surface area contributed by atoms with E-state index in [0.29, 0.717) is 18.4 Å². The van der Waals surface area contributed by atoms with Crippen molar-refractivity contribution in [1.82, 2.24) is 10.0 Å². The summed E-state index contributed by atoms with van der Waals surface area (Å²) in [6.45, 7) is 3.04. The van der Waals surface area contributed by atoms with Crippen LogP contribution in [0, 0.1) is 17.0 Å².